The van der Waals surface area contributed by atoms with E-state index < -0.39 is 0 Å². The van der Waals surface area contributed by atoms with Crippen molar-refractivity contribution in [3.8, 4) is 11.9 Å². The summed E-state index contributed by atoms with van der Waals surface area (Å²) in [5.41, 5.74) is 0.768. The Kier molecular flexibility index (Phi) is 3.32. The van der Waals surface area contributed by atoms with Gasteiger partial charge in [-0.05, 0) is 12.1 Å². The maximum Gasteiger partial charge on any atom is 0.177 e. The van der Waals surface area contributed by atoms with Crippen molar-refractivity contribution < 1.29 is 4.74 Å². The molecule has 0 radical (unpaired) electrons. The predicted octanol–water partition coefficient (Wildman–Crippen LogP) is 1.33. The molecule has 0 N–H and O–H groups in total. The molecule has 0 saturated heterocycles. The average molecular weight is 250 g/mol. The van der Waals surface area contributed by atoms with Crippen molar-refractivity contribution in [2.24, 2.45) is 0 Å². The number of rotatable bonds is 3. The molecular formula is C10H8ClN5O. The number of nitrogens with zero attached hydrogens (tertiary/aromatic N) is 5. The summed E-state index contributed by atoms with van der Waals surface area (Å²) >= 11 is 6.05. The van der Waals surface area contributed by atoms with Crippen LogP contribution < -0.4 is 0 Å². The Bertz CT molecular complexity index is 560. The first-order valence-electron chi connectivity index (χ1n) is 4.72. The lowest BCUT2D eigenvalue weighted by atomic mass is 10.3. The summed E-state index contributed by atoms with van der Waals surface area (Å²) in [7, 11) is 1.52. The van der Waals surface area contributed by atoms with Crippen LogP contribution in [0.4, 0.5) is 0 Å². The fourth-order valence-electron chi connectivity index (χ4n) is 1.35. The van der Waals surface area contributed by atoms with Gasteiger partial charge in [-0.1, -0.05) is 11.6 Å². The van der Waals surface area contributed by atoms with E-state index >= 15 is 0 Å². The Morgan fingerprint density at radius 1 is 1.59 bits per heavy atom. The Morgan fingerprint density at radius 3 is 3.00 bits per heavy atom. The summed E-state index contributed by atoms with van der Waals surface area (Å²) in [5, 5.41) is 21.0. The van der Waals surface area contributed by atoms with Gasteiger partial charge in [-0.2, -0.15) is 15.5 Å². The van der Waals surface area contributed by atoms with E-state index in [9.17, 15) is 0 Å². The first kappa shape index (κ1) is 11.5. The zero-order valence-electron chi connectivity index (χ0n) is 8.96. The van der Waals surface area contributed by atoms with E-state index in [0.29, 0.717) is 17.1 Å². The van der Waals surface area contributed by atoms with Crippen LogP contribution in [0.3, 0.4) is 0 Å². The Morgan fingerprint density at radius 2 is 2.41 bits per heavy atom. The van der Waals surface area contributed by atoms with Gasteiger partial charge in [0.1, 0.15) is 17.3 Å². The monoisotopic (exact) mass is 249 g/mol. The Labute approximate surface area is 102 Å². The van der Waals surface area contributed by atoms with Gasteiger partial charge in [-0.3, -0.25) is 0 Å². The van der Waals surface area contributed by atoms with Crippen LogP contribution in [0.5, 0.6) is 0 Å². The van der Waals surface area contributed by atoms with Crippen LogP contribution in [-0.2, 0) is 11.3 Å². The summed E-state index contributed by atoms with van der Waals surface area (Å²) in [6, 6.07) is 5.40. The molecule has 0 atom stereocenters. The molecule has 7 heteroatoms. The summed E-state index contributed by atoms with van der Waals surface area (Å²) in [6.45, 7) is 0.218. The lowest BCUT2D eigenvalue weighted by Crippen LogP contribution is -2.01. The maximum atomic E-state index is 9.01. The van der Waals surface area contributed by atoms with Gasteiger partial charge in [0, 0.05) is 13.3 Å². The minimum atomic E-state index is 0.208. The van der Waals surface area contributed by atoms with Crippen LogP contribution in [0.25, 0.3) is 5.82 Å². The van der Waals surface area contributed by atoms with Crippen LogP contribution in [0.1, 0.15) is 11.3 Å². The van der Waals surface area contributed by atoms with E-state index in [1.54, 1.807) is 18.3 Å². The van der Waals surface area contributed by atoms with Crippen molar-refractivity contribution >= 4 is 11.6 Å². The summed E-state index contributed by atoms with van der Waals surface area (Å²) in [5.74, 6) is 0.455. The molecule has 86 valence electrons. The first-order valence-corrected chi connectivity index (χ1v) is 5.10. The molecule has 0 aromatic carbocycles. The van der Waals surface area contributed by atoms with Crippen molar-refractivity contribution in [2.75, 3.05) is 7.11 Å². The molecule has 0 bridgehead atoms. The molecule has 6 nitrogen and oxygen atoms in total. The minimum Gasteiger partial charge on any atom is -0.378 e. The highest BCUT2D eigenvalue weighted by Gasteiger charge is 2.17. The number of hydrogen-bond acceptors (Lipinski definition) is 5. The Hall–Kier alpha value is -1.97. The molecule has 0 amide bonds. The smallest absolute Gasteiger partial charge is 0.177 e. The number of aromatic nitrogens is 4. The highest BCUT2D eigenvalue weighted by Crippen LogP contribution is 2.22. The average Bonchev–Trinajstić information content (AvgIpc) is 2.67. The van der Waals surface area contributed by atoms with Gasteiger partial charge >= 0.3 is 0 Å². The minimum absolute atomic E-state index is 0.208. The third-order valence-electron chi connectivity index (χ3n) is 2.07. The van der Waals surface area contributed by atoms with Gasteiger partial charge in [-0.15, -0.1) is 5.10 Å². The molecule has 0 unspecified atom stereocenters. The van der Waals surface area contributed by atoms with E-state index in [1.807, 2.05) is 6.07 Å². The quantitative estimate of drug-likeness (QED) is 0.820. The van der Waals surface area contributed by atoms with Crippen LogP contribution >= 0.6 is 11.6 Å². The fourth-order valence-corrected chi connectivity index (χ4v) is 1.62. The van der Waals surface area contributed by atoms with E-state index in [-0.39, 0.29) is 11.8 Å². The number of nitriles is 1. The molecule has 17 heavy (non-hydrogen) atoms. The molecule has 0 saturated carbocycles. The van der Waals surface area contributed by atoms with Crippen molar-refractivity contribution in [3.05, 3.63) is 34.7 Å². The lowest BCUT2D eigenvalue weighted by molar-refractivity contribution is 0.181. The standard InChI is InChI=1S/C10H8ClN5O/c1-17-6-8-7(5-12)10(11)16(15-8)9-3-2-4-13-14-9/h2-4H,6H2,1H3. The van der Waals surface area contributed by atoms with Gasteiger partial charge in [0.2, 0.25) is 0 Å². The number of hydrogen-bond donors (Lipinski definition) is 0. The van der Waals surface area contributed by atoms with Gasteiger partial charge < -0.3 is 4.74 Å². The first-order chi connectivity index (χ1) is 8.27. The second kappa shape index (κ2) is 4.91. The van der Waals surface area contributed by atoms with E-state index in [4.69, 9.17) is 21.6 Å². The maximum absolute atomic E-state index is 9.01. The predicted molar refractivity (Wildman–Crippen MR) is 59.6 cm³/mol. The van der Waals surface area contributed by atoms with Gasteiger partial charge in [-0.25, -0.2) is 4.68 Å². The van der Waals surface area contributed by atoms with E-state index in [1.165, 1.54) is 11.8 Å². The molecule has 2 heterocycles. The number of methoxy groups -OCH3 is 1. The molecule has 2 rings (SSSR count). The van der Waals surface area contributed by atoms with Crippen molar-refractivity contribution in [2.45, 2.75) is 6.61 Å². The van der Waals surface area contributed by atoms with Gasteiger partial charge in [0.15, 0.2) is 11.0 Å². The molecule has 0 aliphatic rings. The van der Waals surface area contributed by atoms with E-state index in [0.717, 1.165) is 0 Å². The highest BCUT2D eigenvalue weighted by molar-refractivity contribution is 6.31. The fraction of sp³-hybridized carbons (Fsp3) is 0.200. The SMILES string of the molecule is COCc1nn(-c2cccnn2)c(Cl)c1C#N. The summed E-state index contributed by atoms with van der Waals surface area (Å²) in [6.07, 6.45) is 1.54. The normalized spacial score (nSPS) is 10.2. The molecule has 0 fully saturated rings. The Balaban J connectivity index is 2.54. The molecule has 0 aliphatic carbocycles. The zero-order chi connectivity index (χ0) is 12.3. The molecule has 2 aromatic heterocycles. The van der Waals surface area contributed by atoms with Gasteiger partial charge in [0.25, 0.3) is 0 Å². The number of halogens is 1. The van der Waals surface area contributed by atoms with Crippen LogP contribution in [-0.4, -0.2) is 27.1 Å². The van der Waals surface area contributed by atoms with Crippen molar-refractivity contribution in [3.63, 3.8) is 0 Å². The molecule has 0 spiro atoms. The van der Waals surface area contributed by atoms with Crippen molar-refractivity contribution in [1.82, 2.24) is 20.0 Å². The largest absolute Gasteiger partial charge is 0.378 e. The van der Waals surface area contributed by atoms with Gasteiger partial charge in [0.05, 0.1) is 6.61 Å². The molecule has 0 aliphatic heterocycles. The summed E-state index contributed by atoms with van der Waals surface area (Å²) < 4.78 is 6.32. The lowest BCUT2D eigenvalue weighted by Gasteiger charge is -1.98. The topological polar surface area (TPSA) is 76.6 Å². The second-order valence-electron chi connectivity index (χ2n) is 3.15. The van der Waals surface area contributed by atoms with Crippen LogP contribution in [0.2, 0.25) is 5.15 Å². The van der Waals surface area contributed by atoms with E-state index in [2.05, 4.69) is 15.3 Å². The molecular weight excluding hydrogens is 242 g/mol. The highest BCUT2D eigenvalue weighted by atomic mass is 35.5. The summed E-state index contributed by atoms with van der Waals surface area (Å²) in [4.78, 5) is 0. The zero-order valence-corrected chi connectivity index (χ0v) is 9.72. The third-order valence-corrected chi connectivity index (χ3v) is 2.42. The second-order valence-corrected chi connectivity index (χ2v) is 3.51. The number of ether oxygens (including phenoxy) is 1. The third kappa shape index (κ3) is 2.11. The van der Waals surface area contributed by atoms with Crippen molar-refractivity contribution in [1.29, 1.82) is 5.26 Å². The van der Waals surface area contributed by atoms with Crippen LogP contribution in [0, 0.1) is 11.3 Å². The molecule has 2 aromatic rings. The van der Waals surface area contributed by atoms with Crippen LogP contribution in [0.15, 0.2) is 18.3 Å².